The van der Waals surface area contributed by atoms with Gasteiger partial charge in [0.15, 0.2) is 0 Å². The van der Waals surface area contributed by atoms with Crippen LogP contribution in [0.2, 0.25) is 0 Å². The molecule has 0 aliphatic carbocycles. The molecule has 2 aromatic rings. The van der Waals surface area contributed by atoms with Crippen molar-refractivity contribution in [2.45, 2.75) is 13.5 Å². The molecule has 1 aromatic carbocycles. The summed E-state index contributed by atoms with van der Waals surface area (Å²) in [7, 11) is 0. The molecule has 0 amide bonds. The first-order valence-electron chi connectivity index (χ1n) is 4.72. The van der Waals surface area contributed by atoms with E-state index in [-0.39, 0.29) is 5.82 Å². The van der Waals surface area contributed by atoms with Gasteiger partial charge in [-0.3, -0.25) is 0 Å². The molecule has 0 radical (unpaired) electrons. The van der Waals surface area contributed by atoms with Crippen LogP contribution in [-0.4, -0.2) is 9.97 Å². The van der Waals surface area contributed by atoms with Crippen molar-refractivity contribution < 1.29 is 4.39 Å². The number of imidazole rings is 1. The summed E-state index contributed by atoms with van der Waals surface area (Å²) in [5.41, 5.74) is 7.99. The van der Waals surface area contributed by atoms with Crippen LogP contribution in [0.25, 0.3) is 11.4 Å². The minimum absolute atomic E-state index is 0.268. The Morgan fingerprint density at radius 3 is 2.87 bits per heavy atom. The molecule has 0 saturated carbocycles. The second-order valence-electron chi connectivity index (χ2n) is 3.37. The molecular weight excluding hydrogens is 193 g/mol. The summed E-state index contributed by atoms with van der Waals surface area (Å²) in [5.74, 6) is 0.392. The Balaban J connectivity index is 2.45. The highest BCUT2D eigenvalue weighted by Crippen LogP contribution is 2.18. The van der Waals surface area contributed by atoms with E-state index in [9.17, 15) is 4.39 Å². The molecule has 4 heteroatoms. The van der Waals surface area contributed by atoms with Gasteiger partial charge in [-0.1, -0.05) is 12.1 Å². The van der Waals surface area contributed by atoms with Crippen LogP contribution in [0.1, 0.15) is 11.4 Å². The molecule has 15 heavy (non-hydrogen) atoms. The van der Waals surface area contributed by atoms with Gasteiger partial charge in [0.2, 0.25) is 0 Å². The lowest BCUT2D eigenvalue weighted by molar-refractivity contribution is 0.628. The normalized spacial score (nSPS) is 10.6. The summed E-state index contributed by atoms with van der Waals surface area (Å²) in [6.07, 6.45) is 0. The number of nitrogens with one attached hydrogen (secondary N) is 1. The summed E-state index contributed by atoms with van der Waals surface area (Å²) in [6.45, 7) is 2.29. The van der Waals surface area contributed by atoms with Crippen molar-refractivity contribution in [3.8, 4) is 11.4 Å². The molecule has 1 aromatic heterocycles. The summed E-state index contributed by atoms with van der Waals surface area (Å²) in [6, 6.07) is 6.31. The number of nitrogens with two attached hydrogens (primary N) is 1. The van der Waals surface area contributed by atoms with Gasteiger partial charge < -0.3 is 10.7 Å². The first kappa shape index (κ1) is 9.86. The molecule has 0 unspecified atom stereocenters. The second-order valence-corrected chi connectivity index (χ2v) is 3.37. The summed E-state index contributed by atoms with van der Waals surface area (Å²) in [5, 5.41) is 0. The minimum atomic E-state index is -0.268. The Morgan fingerprint density at radius 1 is 1.47 bits per heavy atom. The quantitative estimate of drug-likeness (QED) is 0.787. The molecule has 2 rings (SSSR count). The van der Waals surface area contributed by atoms with Crippen molar-refractivity contribution in [1.82, 2.24) is 9.97 Å². The van der Waals surface area contributed by atoms with E-state index >= 15 is 0 Å². The molecule has 0 saturated heterocycles. The fourth-order valence-corrected chi connectivity index (χ4v) is 1.47. The van der Waals surface area contributed by atoms with Crippen LogP contribution in [0, 0.1) is 12.7 Å². The van der Waals surface area contributed by atoms with Crippen molar-refractivity contribution >= 4 is 0 Å². The van der Waals surface area contributed by atoms with E-state index in [1.54, 1.807) is 6.07 Å². The van der Waals surface area contributed by atoms with E-state index in [2.05, 4.69) is 9.97 Å². The monoisotopic (exact) mass is 205 g/mol. The smallest absolute Gasteiger partial charge is 0.137 e. The van der Waals surface area contributed by atoms with Crippen LogP contribution < -0.4 is 5.73 Å². The van der Waals surface area contributed by atoms with Gasteiger partial charge in [0.05, 0.1) is 5.69 Å². The van der Waals surface area contributed by atoms with Crippen molar-refractivity contribution in [1.29, 1.82) is 0 Å². The van der Waals surface area contributed by atoms with Crippen LogP contribution in [0.3, 0.4) is 0 Å². The maximum Gasteiger partial charge on any atom is 0.137 e. The van der Waals surface area contributed by atoms with E-state index in [1.807, 2.05) is 13.0 Å². The molecule has 78 valence electrons. The number of hydrogen-bond acceptors (Lipinski definition) is 2. The molecule has 0 fully saturated rings. The number of H-pyrrole nitrogens is 1. The van der Waals surface area contributed by atoms with Gasteiger partial charge in [0, 0.05) is 17.8 Å². The maximum absolute atomic E-state index is 13.0. The van der Waals surface area contributed by atoms with Gasteiger partial charge in [-0.2, -0.15) is 0 Å². The van der Waals surface area contributed by atoms with Crippen molar-refractivity contribution in [2.75, 3.05) is 0 Å². The number of rotatable bonds is 2. The summed E-state index contributed by atoms with van der Waals surface area (Å²) < 4.78 is 13.0. The highest BCUT2D eigenvalue weighted by atomic mass is 19.1. The van der Waals surface area contributed by atoms with Gasteiger partial charge in [-0.15, -0.1) is 0 Å². The third kappa shape index (κ3) is 1.89. The van der Waals surface area contributed by atoms with E-state index in [0.717, 1.165) is 17.0 Å². The molecule has 0 bridgehead atoms. The molecule has 3 nitrogen and oxygen atoms in total. The van der Waals surface area contributed by atoms with Gasteiger partial charge >= 0.3 is 0 Å². The molecule has 0 atom stereocenters. The van der Waals surface area contributed by atoms with Crippen LogP contribution >= 0.6 is 0 Å². The van der Waals surface area contributed by atoms with Crippen molar-refractivity contribution in [3.63, 3.8) is 0 Å². The van der Waals surface area contributed by atoms with E-state index in [0.29, 0.717) is 12.4 Å². The Bertz CT molecular complexity index is 476. The number of aromatic nitrogens is 2. The first-order chi connectivity index (χ1) is 7.20. The van der Waals surface area contributed by atoms with E-state index in [1.165, 1.54) is 12.1 Å². The molecule has 0 aliphatic heterocycles. The van der Waals surface area contributed by atoms with Crippen LogP contribution in [-0.2, 0) is 6.54 Å². The average Bonchev–Trinajstić information content (AvgIpc) is 2.60. The standard InChI is InChI=1S/C11H12FN3/c1-7-10(6-13)15-11(14-7)8-3-2-4-9(12)5-8/h2-5H,6,13H2,1H3,(H,14,15). The Morgan fingerprint density at radius 2 is 2.27 bits per heavy atom. The molecule has 1 heterocycles. The fraction of sp³-hybridized carbons (Fsp3) is 0.182. The zero-order valence-corrected chi connectivity index (χ0v) is 8.42. The summed E-state index contributed by atoms with van der Waals surface area (Å²) in [4.78, 5) is 7.37. The van der Waals surface area contributed by atoms with Crippen LogP contribution in [0.5, 0.6) is 0 Å². The molecular formula is C11H12FN3. The Labute approximate surface area is 87.2 Å². The minimum Gasteiger partial charge on any atom is -0.342 e. The van der Waals surface area contributed by atoms with Gasteiger partial charge in [0.1, 0.15) is 11.6 Å². The lowest BCUT2D eigenvalue weighted by atomic mass is 10.2. The van der Waals surface area contributed by atoms with Gasteiger partial charge in [-0.25, -0.2) is 9.37 Å². The van der Waals surface area contributed by atoms with Gasteiger partial charge in [0.25, 0.3) is 0 Å². The SMILES string of the molecule is Cc1[nH]c(-c2cccc(F)c2)nc1CN. The zero-order valence-electron chi connectivity index (χ0n) is 8.42. The molecule has 0 spiro atoms. The first-order valence-corrected chi connectivity index (χ1v) is 4.72. The number of benzene rings is 1. The predicted molar refractivity (Wildman–Crippen MR) is 56.6 cm³/mol. The Hall–Kier alpha value is -1.68. The van der Waals surface area contributed by atoms with Crippen LogP contribution in [0.15, 0.2) is 24.3 Å². The van der Waals surface area contributed by atoms with E-state index < -0.39 is 0 Å². The third-order valence-corrected chi connectivity index (χ3v) is 2.28. The van der Waals surface area contributed by atoms with Crippen LogP contribution in [0.4, 0.5) is 4.39 Å². The maximum atomic E-state index is 13.0. The van der Waals surface area contributed by atoms with Crippen molar-refractivity contribution in [3.05, 3.63) is 41.5 Å². The molecule has 3 N–H and O–H groups in total. The topological polar surface area (TPSA) is 54.7 Å². The van der Waals surface area contributed by atoms with E-state index in [4.69, 9.17) is 5.73 Å². The number of hydrogen-bond donors (Lipinski definition) is 2. The predicted octanol–water partition coefficient (Wildman–Crippen LogP) is 1.98. The largest absolute Gasteiger partial charge is 0.342 e. The zero-order chi connectivity index (χ0) is 10.8. The number of halogens is 1. The number of aryl methyl sites for hydroxylation is 1. The summed E-state index contributed by atoms with van der Waals surface area (Å²) >= 11 is 0. The highest BCUT2D eigenvalue weighted by Gasteiger charge is 2.07. The second kappa shape index (κ2) is 3.82. The highest BCUT2D eigenvalue weighted by molar-refractivity contribution is 5.55. The lowest BCUT2D eigenvalue weighted by Gasteiger charge is -1.95. The third-order valence-electron chi connectivity index (χ3n) is 2.28. The average molecular weight is 205 g/mol. The van der Waals surface area contributed by atoms with Crippen molar-refractivity contribution in [2.24, 2.45) is 5.73 Å². The number of nitrogens with zero attached hydrogens (tertiary/aromatic N) is 1. The lowest BCUT2D eigenvalue weighted by Crippen LogP contribution is -1.98. The van der Waals surface area contributed by atoms with Gasteiger partial charge in [-0.05, 0) is 19.1 Å². The fourth-order valence-electron chi connectivity index (χ4n) is 1.47. The Kier molecular flexibility index (Phi) is 2.51. The number of aromatic amines is 1. The molecule has 0 aliphatic rings.